The third-order valence-electron chi connectivity index (χ3n) is 0.407. The average molecular weight is 201 g/mol. The van der Waals surface area contributed by atoms with Gasteiger partial charge in [-0.15, -0.1) is 17.0 Å². The summed E-state index contributed by atoms with van der Waals surface area (Å²) in [6.07, 6.45) is 3.74. The number of carbonyl (C=O) groups is 1. The lowest BCUT2D eigenvalue weighted by atomic mass is 10.8. The monoisotopic (exact) mass is 200 g/mol. The molecule has 0 rings (SSSR count). The molecule has 0 saturated heterocycles. The lowest BCUT2D eigenvalue weighted by molar-refractivity contribution is -0.301. The molecular formula is C4H9BrO2S. The van der Waals surface area contributed by atoms with Crippen molar-refractivity contribution in [1.82, 2.24) is 0 Å². The Kier molecular flexibility index (Phi) is 7.57. The molecule has 0 aliphatic carbocycles. The Morgan fingerprint density at radius 3 is 2.00 bits per heavy atom. The van der Waals surface area contributed by atoms with E-state index in [-0.39, 0.29) is 33.6 Å². The molecule has 0 radical (unpaired) electrons. The van der Waals surface area contributed by atoms with Gasteiger partial charge in [0.2, 0.25) is 0 Å². The van der Waals surface area contributed by atoms with E-state index >= 15 is 0 Å². The number of carboxylic acid groups (broad SMARTS) is 1. The van der Waals surface area contributed by atoms with Crippen LogP contribution in [0.3, 0.4) is 0 Å². The van der Waals surface area contributed by atoms with Crippen LogP contribution in [0.25, 0.3) is 0 Å². The van der Waals surface area contributed by atoms with E-state index < -0.39 is 5.97 Å². The molecule has 0 fully saturated rings. The predicted molar refractivity (Wildman–Crippen MR) is 39.4 cm³/mol. The molecule has 0 N–H and O–H groups in total. The number of halogens is 1. The lowest BCUT2D eigenvalue weighted by Gasteiger charge is -1.94. The van der Waals surface area contributed by atoms with Crippen LogP contribution in [0.5, 0.6) is 0 Å². The van der Waals surface area contributed by atoms with Gasteiger partial charge in [0.15, 0.2) is 0 Å². The molecule has 0 aliphatic rings. The molecule has 0 heterocycles. The van der Waals surface area contributed by atoms with Gasteiger partial charge in [-0.05, 0) is 10.9 Å². The first-order valence-electron chi connectivity index (χ1n) is 1.87. The van der Waals surface area contributed by atoms with Gasteiger partial charge in [-0.25, -0.2) is 0 Å². The minimum atomic E-state index is -0.951. The molecule has 0 amide bonds. The molecule has 0 atom stereocenters. The maximum absolute atomic E-state index is 9.71. The van der Waals surface area contributed by atoms with Crippen molar-refractivity contribution in [3.8, 4) is 0 Å². The average Bonchev–Trinajstić information content (AvgIpc) is 1.27. The predicted octanol–water partition coefficient (Wildman–Crippen LogP) is -0.808. The molecule has 0 saturated carbocycles. The van der Waals surface area contributed by atoms with Crippen LogP contribution in [0.1, 0.15) is 0 Å². The van der Waals surface area contributed by atoms with E-state index in [0.717, 1.165) is 0 Å². The van der Waals surface area contributed by atoms with Gasteiger partial charge in [-0.2, -0.15) is 0 Å². The molecule has 0 aliphatic heterocycles. The highest BCUT2D eigenvalue weighted by molar-refractivity contribution is 8.93. The fourth-order valence-electron chi connectivity index (χ4n) is 0.236. The SMILES string of the molecule is Br.C[S+](C)CC(=O)[O-]. The number of aliphatic carboxylic acids is 1. The fourth-order valence-corrected chi connectivity index (χ4v) is 0.707. The second-order valence-corrected chi connectivity index (χ2v) is 3.76. The van der Waals surface area contributed by atoms with Crippen molar-refractivity contribution in [2.75, 3.05) is 18.3 Å². The maximum atomic E-state index is 9.71. The van der Waals surface area contributed by atoms with Gasteiger partial charge in [-0.3, -0.25) is 0 Å². The Bertz CT molecular complexity index is 74.4. The van der Waals surface area contributed by atoms with Gasteiger partial charge in [-0.1, -0.05) is 0 Å². The zero-order valence-corrected chi connectivity index (χ0v) is 7.37. The Hall–Kier alpha value is 0.300. The van der Waals surface area contributed by atoms with Crippen LogP contribution < -0.4 is 5.11 Å². The molecule has 0 aromatic heterocycles. The van der Waals surface area contributed by atoms with Crippen molar-refractivity contribution in [2.45, 2.75) is 0 Å². The summed E-state index contributed by atoms with van der Waals surface area (Å²) < 4.78 is 0. The Morgan fingerprint density at radius 2 is 2.00 bits per heavy atom. The van der Waals surface area contributed by atoms with Crippen LogP contribution in [0, 0.1) is 0 Å². The summed E-state index contributed by atoms with van der Waals surface area (Å²) in [4.78, 5) is 9.71. The zero-order valence-electron chi connectivity index (χ0n) is 4.84. The quantitative estimate of drug-likeness (QED) is 0.548. The zero-order chi connectivity index (χ0) is 5.86. The van der Waals surface area contributed by atoms with Gasteiger partial charge in [0.1, 0.15) is 5.75 Å². The maximum Gasteiger partial charge on any atom is 0.146 e. The minimum absolute atomic E-state index is 0. The normalized spacial score (nSPS) is 8.38. The topological polar surface area (TPSA) is 40.1 Å². The summed E-state index contributed by atoms with van der Waals surface area (Å²) >= 11 is 0. The summed E-state index contributed by atoms with van der Waals surface area (Å²) in [7, 11) is -0.00772. The number of carboxylic acids is 1. The van der Waals surface area contributed by atoms with Gasteiger partial charge in [0.25, 0.3) is 0 Å². The highest BCUT2D eigenvalue weighted by Gasteiger charge is 1.99. The fraction of sp³-hybridized carbons (Fsp3) is 0.750. The van der Waals surface area contributed by atoms with E-state index in [2.05, 4.69) is 0 Å². The van der Waals surface area contributed by atoms with Crippen LogP contribution in [0.4, 0.5) is 0 Å². The molecule has 0 unspecified atom stereocenters. The van der Waals surface area contributed by atoms with E-state index in [9.17, 15) is 9.90 Å². The summed E-state index contributed by atoms with van der Waals surface area (Å²) in [6.45, 7) is 0. The first-order chi connectivity index (χ1) is 3.13. The molecule has 2 nitrogen and oxygen atoms in total. The van der Waals surface area contributed by atoms with E-state index in [1.165, 1.54) is 0 Å². The van der Waals surface area contributed by atoms with Crippen LogP contribution in [0.2, 0.25) is 0 Å². The number of carbonyl (C=O) groups excluding carboxylic acids is 1. The molecule has 0 aromatic carbocycles. The van der Waals surface area contributed by atoms with E-state index in [0.29, 0.717) is 0 Å². The van der Waals surface area contributed by atoms with Crippen molar-refractivity contribution < 1.29 is 9.90 Å². The van der Waals surface area contributed by atoms with Gasteiger partial charge >= 0.3 is 0 Å². The van der Waals surface area contributed by atoms with Crippen LogP contribution in [-0.2, 0) is 15.7 Å². The van der Waals surface area contributed by atoms with Crippen molar-refractivity contribution >= 4 is 33.8 Å². The van der Waals surface area contributed by atoms with Crippen molar-refractivity contribution in [2.24, 2.45) is 0 Å². The van der Waals surface area contributed by atoms with Crippen LogP contribution in [0.15, 0.2) is 0 Å². The van der Waals surface area contributed by atoms with Crippen molar-refractivity contribution in [3.63, 3.8) is 0 Å². The van der Waals surface area contributed by atoms with E-state index in [1.54, 1.807) is 0 Å². The molecule has 4 heteroatoms. The largest absolute Gasteiger partial charge is 0.545 e. The summed E-state index contributed by atoms with van der Waals surface area (Å²) in [5, 5.41) is 9.71. The number of hydrogen-bond donors (Lipinski definition) is 0. The summed E-state index contributed by atoms with van der Waals surface area (Å²) in [5.74, 6) is -0.756. The molecule has 0 bridgehead atoms. The molecule has 8 heavy (non-hydrogen) atoms. The second kappa shape index (κ2) is 5.44. The highest BCUT2D eigenvalue weighted by atomic mass is 79.9. The summed E-state index contributed by atoms with van der Waals surface area (Å²) in [5.41, 5.74) is 0. The Labute approximate surface area is 62.4 Å². The highest BCUT2D eigenvalue weighted by Crippen LogP contribution is 1.78. The van der Waals surface area contributed by atoms with Crippen molar-refractivity contribution in [1.29, 1.82) is 0 Å². The van der Waals surface area contributed by atoms with Crippen LogP contribution in [-0.4, -0.2) is 24.2 Å². The number of hydrogen-bond acceptors (Lipinski definition) is 2. The van der Waals surface area contributed by atoms with Crippen molar-refractivity contribution in [3.05, 3.63) is 0 Å². The van der Waals surface area contributed by atoms with Gasteiger partial charge in [0.05, 0.1) is 18.5 Å². The molecular weight excluding hydrogens is 192 g/mol. The second-order valence-electron chi connectivity index (χ2n) is 1.50. The third-order valence-corrected chi connectivity index (χ3v) is 1.22. The smallest absolute Gasteiger partial charge is 0.146 e. The third kappa shape index (κ3) is 9.57. The first-order valence-corrected chi connectivity index (χ1v) is 4.08. The number of rotatable bonds is 2. The molecule has 50 valence electrons. The van der Waals surface area contributed by atoms with Gasteiger partial charge in [0, 0.05) is 0 Å². The van der Waals surface area contributed by atoms with Crippen LogP contribution >= 0.6 is 17.0 Å². The van der Waals surface area contributed by atoms with E-state index in [1.807, 2.05) is 12.5 Å². The minimum Gasteiger partial charge on any atom is -0.545 e. The van der Waals surface area contributed by atoms with E-state index in [4.69, 9.17) is 0 Å². The summed E-state index contributed by atoms with van der Waals surface area (Å²) in [6, 6.07) is 0. The Morgan fingerprint density at radius 1 is 1.62 bits per heavy atom. The Balaban J connectivity index is 0. The first kappa shape index (κ1) is 11.1. The lowest BCUT2D eigenvalue weighted by Crippen LogP contribution is -2.29. The molecule has 0 spiro atoms. The standard InChI is InChI=1S/C4H8O2S.BrH/c1-7(2)3-4(5)6;/h3H2,1-2H3;1H. The van der Waals surface area contributed by atoms with Gasteiger partial charge < -0.3 is 9.90 Å². The molecule has 0 aromatic rings.